The van der Waals surface area contributed by atoms with Crippen LogP contribution in [0.25, 0.3) is 10.8 Å². The fourth-order valence-electron chi connectivity index (χ4n) is 2.11. The third-order valence-corrected chi connectivity index (χ3v) is 6.33. The molecule has 3 aromatic carbocycles. The number of benzene rings is 3. The summed E-state index contributed by atoms with van der Waals surface area (Å²) >= 11 is 0. The zero-order valence-corrected chi connectivity index (χ0v) is 13.4. The predicted octanol–water partition coefficient (Wildman–Crippen LogP) is 2.93. The molecule has 0 aliphatic heterocycles. The van der Waals surface area contributed by atoms with Crippen molar-refractivity contribution in [2.45, 2.75) is 9.79 Å². The molecule has 0 N–H and O–H groups in total. The van der Waals surface area contributed by atoms with Gasteiger partial charge in [-0.25, -0.2) is 0 Å². The standard InChI is InChI=1S/C16H12O5S2/c17-22(18,15-8-2-1-3-9-15)21-23(19,20)16-11-10-13-6-4-5-7-14(13)12-16/h1-12H. The molecule has 0 heterocycles. The lowest BCUT2D eigenvalue weighted by atomic mass is 10.1. The van der Waals surface area contributed by atoms with Gasteiger partial charge in [0.05, 0.1) is 9.79 Å². The molecule has 0 aliphatic rings. The van der Waals surface area contributed by atoms with Gasteiger partial charge < -0.3 is 0 Å². The molecule has 3 aromatic rings. The maximum Gasteiger partial charge on any atom is 0.311 e. The van der Waals surface area contributed by atoms with Gasteiger partial charge in [-0.15, -0.1) is 3.63 Å². The van der Waals surface area contributed by atoms with Crippen molar-refractivity contribution in [3.8, 4) is 0 Å². The molecule has 0 saturated carbocycles. The van der Waals surface area contributed by atoms with E-state index in [0.717, 1.165) is 5.39 Å². The molecular weight excluding hydrogens is 336 g/mol. The maximum atomic E-state index is 12.3. The number of hydrogen-bond acceptors (Lipinski definition) is 5. The number of hydrogen-bond donors (Lipinski definition) is 0. The third kappa shape index (κ3) is 3.26. The molecule has 0 radical (unpaired) electrons. The third-order valence-electron chi connectivity index (χ3n) is 3.22. The van der Waals surface area contributed by atoms with E-state index in [1.807, 2.05) is 12.1 Å². The molecule has 0 fully saturated rings. The fraction of sp³-hybridized carbons (Fsp3) is 0. The monoisotopic (exact) mass is 348 g/mol. The van der Waals surface area contributed by atoms with E-state index >= 15 is 0 Å². The van der Waals surface area contributed by atoms with Crippen LogP contribution in [0.5, 0.6) is 0 Å². The van der Waals surface area contributed by atoms with Crippen molar-refractivity contribution in [1.29, 1.82) is 0 Å². The Kier molecular flexibility index (Phi) is 3.93. The maximum absolute atomic E-state index is 12.3. The van der Waals surface area contributed by atoms with Gasteiger partial charge in [-0.05, 0) is 35.0 Å². The Morgan fingerprint density at radius 2 is 1.13 bits per heavy atom. The Hall–Kier alpha value is -2.22. The van der Waals surface area contributed by atoms with Crippen molar-refractivity contribution >= 4 is 31.0 Å². The van der Waals surface area contributed by atoms with E-state index < -0.39 is 20.2 Å². The second-order valence-corrected chi connectivity index (χ2v) is 8.10. The smallest absolute Gasteiger partial charge is 0.193 e. The Morgan fingerprint density at radius 3 is 1.83 bits per heavy atom. The minimum atomic E-state index is -4.45. The predicted molar refractivity (Wildman–Crippen MR) is 85.8 cm³/mol. The van der Waals surface area contributed by atoms with Gasteiger partial charge in [-0.3, -0.25) is 0 Å². The molecule has 7 heteroatoms. The first-order chi connectivity index (χ1) is 10.9. The van der Waals surface area contributed by atoms with Gasteiger partial charge in [0.2, 0.25) is 0 Å². The van der Waals surface area contributed by atoms with Crippen molar-refractivity contribution in [2.24, 2.45) is 0 Å². The topological polar surface area (TPSA) is 77.5 Å². The molecule has 0 atom stereocenters. The molecule has 0 spiro atoms. The molecule has 0 amide bonds. The highest BCUT2D eigenvalue weighted by atomic mass is 32.3. The lowest BCUT2D eigenvalue weighted by Gasteiger charge is -2.07. The highest BCUT2D eigenvalue weighted by Gasteiger charge is 2.26. The van der Waals surface area contributed by atoms with Crippen LogP contribution in [-0.4, -0.2) is 16.8 Å². The van der Waals surface area contributed by atoms with E-state index in [9.17, 15) is 16.8 Å². The molecule has 0 aromatic heterocycles. The first-order valence-corrected chi connectivity index (χ1v) is 9.45. The summed E-state index contributed by atoms with van der Waals surface area (Å²) in [7, 11) is -8.85. The summed E-state index contributed by atoms with van der Waals surface area (Å²) in [6.45, 7) is 0. The van der Waals surface area contributed by atoms with Crippen molar-refractivity contribution < 1.29 is 20.5 Å². The second kappa shape index (κ2) is 5.77. The van der Waals surface area contributed by atoms with E-state index in [2.05, 4.69) is 3.63 Å². The Morgan fingerprint density at radius 1 is 0.565 bits per heavy atom. The van der Waals surface area contributed by atoms with Crippen molar-refractivity contribution in [2.75, 3.05) is 0 Å². The highest BCUT2D eigenvalue weighted by molar-refractivity contribution is 7.99. The first-order valence-electron chi connectivity index (χ1n) is 6.63. The van der Waals surface area contributed by atoms with Crippen LogP contribution in [0.3, 0.4) is 0 Å². The first kappa shape index (κ1) is 15.7. The van der Waals surface area contributed by atoms with Crippen LogP contribution in [0.15, 0.2) is 82.6 Å². The van der Waals surface area contributed by atoms with E-state index in [1.165, 1.54) is 36.4 Å². The normalized spacial score (nSPS) is 12.3. The minimum Gasteiger partial charge on any atom is -0.193 e. The molecule has 5 nitrogen and oxygen atoms in total. The van der Waals surface area contributed by atoms with Crippen LogP contribution >= 0.6 is 0 Å². The number of fused-ring (bicyclic) bond motifs is 1. The van der Waals surface area contributed by atoms with Crippen molar-refractivity contribution in [1.82, 2.24) is 0 Å². The highest BCUT2D eigenvalue weighted by Crippen LogP contribution is 2.23. The van der Waals surface area contributed by atoms with E-state index in [1.54, 1.807) is 24.3 Å². The second-order valence-electron chi connectivity index (χ2n) is 4.80. The molecule has 118 valence electrons. The quantitative estimate of drug-likeness (QED) is 0.724. The Balaban J connectivity index is 2.01. The Bertz CT molecular complexity index is 1060. The molecule has 0 bridgehead atoms. The van der Waals surface area contributed by atoms with Crippen LogP contribution < -0.4 is 0 Å². The zero-order valence-electron chi connectivity index (χ0n) is 11.8. The summed E-state index contributed by atoms with van der Waals surface area (Å²) in [4.78, 5) is -0.430. The zero-order chi connectivity index (χ0) is 16.5. The fourth-order valence-corrected chi connectivity index (χ4v) is 4.68. The van der Waals surface area contributed by atoms with Crippen LogP contribution in [-0.2, 0) is 23.9 Å². The summed E-state index contributed by atoms with van der Waals surface area (Å²) in [6.07, 6.45) is 0. The van der Waals surface area contributed by atoms with Crippen LogP contribution in [0.2, 0.25) is 0 Å². The molecular formula is C16H12O5S2. The molecule has 0 saturated heterocycles. The molecule has 0 aliphatic carbocycles. The Labute approximate surface area is 134 Å². The van der Waals surface area contributed by atoms with Gasteiger partial charge in [0.15, 0.2) is 0 Å². The molecule has 3 rings (SSSR count). The summed E-state index contributed by atoms with van der Waals surface area (Å²) in [5, 5.41) is 1.52. The van der Waals surface area contributed by atoms with Gasteiger partial charge >= 0.3 is 20.2 Å². The lowest BCUT2D eigenvalue weighted by molar-refractivity contribution is 0.462. The van der Waals surface area contributed by atoms with Gasteiger partial charge in [-0.2, -0.15) is 16.8 Å². The summed E-state index contributed by atoms with van der Waals surface area (Å²) in [5.41, 5.74) is 0. The van der Waals surface area contributed by atoms with Crippen LogP contribution in [0.1, 0.15) is 0 Å². The lowest BCUT2D eigenvalue weighted by Crippen LogP contribution is -2.14. The van der Waals surface area contributed by atoms with E-state index in [0.29, 0.717) is 5.39 Å². The van der Waals surface area contributed by atoms with Gasteiger partial charge in [0.1, 0.15) is 0 Å². The number of rotatable bonds is 4. The van der Waals surface area contributed by atoms with E-state index in [4.69, 9.17) is 0 Å². The summed E-state index contributed by atoms with van der Waals surface area (Å²) in [6, 6.07) is 18.6. The average Bonchev–Trinajstić information content (AvgIpc) is 2.54. The van der Waals surface area contributed by atoms with Gasteiger partial charge in [-0.1, -0.05) is 48.5 Å². The van der Waals surface area contributed by atoms with Crippen molar-refractivity contribution in [3.05, 3.63) is 72.8 Å². The van der Waals surface area contributed by atoms with Crippen LogP contribution in [0.4, 0.5) is 0 Å². The van der Waals surface area contributed by atoms with Gasteiger partial charge in [0.25, 0.3) is 0 Å². The molecule has 0 unspecified atom stereocenters. The van der Waals surface area contributed by atoms with Gasteiger partial charge in [0, 0.05) is 0 Å². The minimum absolute atomic E-state index is 0.212. The van der Waals surface area contributed by atoms with E-state index in [-0.39, 0.29) is 9.79 Å². The van der Waals surface area contributed by atoms with Crippen LogP contribution in [0, 0.1) is 0 Å². The SMILES string of the molecule is O=S(=O)(OS(=O)(=O)c1ccc2ccccc2c1)c1ccccc1. The summed E-state index contributed by atoms with van der Waals surface area (Å²) < 4.78 is 53.2. The summed E-state index contributed by atoms with van der Waals surface area (Å²) in [5.74, 6) is 0. The average molecular weight is 348 g/mol. The largest absolute Gasteiger partial charge is 0.311 e. The molecule has 23 heavy (non-hydrogen) atoms. The van der Waals surface area contributed by atoms with Crippen molar-refractivity contribution in [3.63, 3.8) is 0 Å².